The number of nitrogens with zero attached hydrogens (tertiary/aromatic N) is 1. The molecule has 0 amide bonds. The Bertz CT molecular complexity index is 482. The van der Waals surface area contributed by atoms with Gasteiger partial charge in [-0.3, -0.25) is 0 Å². The number of thiocarbonyl (C=S) groups is 1. The molecule has 2 N–H and O–H groups in total. The van der Waals surface area contributed by atoms with Gasteiger partial charge in [0.2, 0.25) is 0 Å². The van der Waals surface area contributed by atoms with Gasteiger partial charge in [0.15, 0.2) is 0 Å². The minimum Gasteiger partial charge on any atom is -0.389 e. The lowest BCUT2D eigenvalue weighted by Crippen LogP contribution is -2.27. The van der Waals surface area contributed by atoms with Crippen LogP contribution in [0.15, 0.2) is 12.1 Å². The lowest BCUT2D eigenvalue weighted by Gasteiger charge is -2.24. The molecule has 0 aromatic heterocycles. The van der Waals surface area contributed by atoms with E-state index in [4.69, 9.17) is 18.0 Å². The number of benzene rings is 1. The summed E-state index contributed by atoms with van der Waals surface area (Å²) in [4.78, 5) is 1.82. The third-order valence-electron chi connectivity index (χ3n) is 4.04. The van der Waals surface area contributed by atoms with Gasteiger partial charge in [-0.1, -0.05) is 25.6 Å². The molecule has 2 nitrogen and oxygen atoms in total. The van der Waals surface area contributed by atoms with Crippen LogP contribution in [0.2, 0.25) is 0 Å². The Balaban J connectivity index is 2.26. The molecule has 1 atom stereocenters. The molecule has 1 fully saturated rings. The molecule has 1 aliphatic rings. The van der Waals surface area contributed by atoms with Crippen LogP contribution in [0, 0.1) is 17.6 Å². The molecule has 0 saturated carbocycles. The Hall–Kier alpha value is -1.23. The van der Waals surface area contributed by atoms with Crippen molar-refractivity contribution in [1.82, 2.24) is 0 Å². The summed E-state index contributed by atoms with van der Waals surface area (Å²) in [6.07, 6.45) is 4.20. The van der Waals surface area contributed by atoms with E-state index in [-0.39, 0.29) is 16.2 Å². The Morgan fingerprint density at radius 2 is 1.95 bits per heavy atom. The van der Waals surface area contributed by atoms with Crippen molar-refractivity contribution in [2.75, 3.05) is 18.0 Å². The fourth-order valence-electron chi connectivity index (χ4n) is 2.81. The molecule has 1 aromatic carbocycles. The average Bonchev–Trinajstić information content (AvgIpc) is 2.63. The number of rotatable bonds is 3. The van der Waals surface area contributed by atoms with Crippen molar-refractivity contribution in [3.8, 4) is 0 Å². The first-order valence-electron chi connectivity index (χ1n) is 7.06. The fraction of sp³-hybridized carbons (Fsp3) is 0.533. The largest absolute Gasteiger partial charge is 0.389 e. The maximum absolute atomic E-state index is 14.2. The zero-order valence-electron chi connectivity index (χ0n) is 11.7. The predicted octanol–water partition coefficient (Wildman–Crippen LogP) is 3.62. The summed E-state index contributed by atoms with van der Waals surface area (Å²) in [5.41, 5.74) is 5.72. The Labute approximate surface area is 123 Å². The molecular weight excluding hydrogens is 278 g/mol. The van der Waals surface area contributed by atoms with Crippen LogP contribution in [0.4, 0.5) is 14.5 Å². The fourth-order valence-corrected chi connectivity index (χ4v) is 2.92. The van der Waals surface area contributed by atoms with Crippen LogP contribution < -0.4 is 10.6 Å². The van der Waals surface area contributed by atoms with E-state index in [1.54, 1.807) is 0 Å². The SMILES string of the molecule is CCC1CCCN(c2c(F)cc(C(N)=S)cc2F)CC1. The Kier molecular flexibility index (Phi) is 4.91. The Morgan fingerprint density at radius 3 is 2.50 bits per heavy atom. The number of halogens is 2. The van der Waals surface area contributed by atoms with Crippen LogP contribution in [0.1, 0.15) is 38.2 Å². The van der Waals surface area contributed by atoms with Gasteiger partial charge in [-0.15, -0.1) is 0 Å². The molecule has 5 heteroatoms. The molecule has 1 aromatic rings. The summed E-state index contributed by atoms with van der Waals surface area (Å²) in [6.45, 7) is 3.55. The highest BCUT2D eigenvalue weighted by Gasteiger charge is 2.22. The van der Waals surface area contributed by atoms with Crippen molar-refractivity contribution in [1.29, 1.82) is 0 Å². The van der Waals surface area contributed by atoms with E-state index in [0.717, 1.165) is 25.7 Å². The van der Waals surface area contributed by atoms with Gasteiger partial charge in [0.05, 0.1) is 0 Å². The quantitative estimate of drug-likeness (QED) is 0.864. The van der Waals surface area contributed by atoms with Crippen LogP contribution in [0.5, 0.6) is 0 Å². The summed E-state index contributed by atoms with van der Waals surface area (Å²) in [7, 11) is 0. The third kappa shape index (κ3) is 3.26. The third-order valence-corrected chi connectivity index (χ3v) is 4.28. The van der Waals surface area contributed by atoms with E-state index in [2.05, 4.69) is 6.92 Å². The van der Waals surface area contributed by atoms with Crippen LogP contribution in [0.3, 0.4) is 0 Å². The molecule has 0 bridgehead atoms. The van der Waals surface area contributed by atoms with Gasteiger partial charge in [-0.25, -0.2) is 8.78 Å². The van der Waals surface area contributed by atoms with Gasteiger partial charge >= 0.3 is 0 Å². The number of hydrogen-bond acceptors (Lipinski definition) is 2. The van der Waals surface area contributed by atoms with Crippen LogP contribution in [-0.2, 0) is 0 Å². The Morgan fingerprint density at radius 1 is 1.30 bits per heavy atom. The van der Waals surface area contributed by atoms with Crippen molar-refractivity contribution in [3.05, 3.63) is 29.3 Å². The molecule has 1 unspecified atom stereocenters. The maximum Gasteiger partial charge on any atom is 0.150 e. The van der Waals surface area contributed by atoms with Crippen LogP contribution >= 0.6 is 12.2 Å². The summed E-state index contributed by atoms with van der Waals surface area (Å²) >= 11 is 4.76. The second-order valence-corrected chi connectivity index (χ2v) is 5.78. The van der Waals surface area contributed by atoms with E-state index in [9.17, 15) is 8.78 Å². The summed E-state index contributed by atoms with van der Waals surface area (Å²) in [5, 5.41) is 0. The monoisotopic (exact) mass is 298 g/mol. The predicted molar refractivity (Wildman–Crippen MR) is 82.1 cm³/mol. The highest BCUT2D eigenvalue weighted by molar-refractivity contribution is 7.80. The van der Waals surface area contributed by atoms with Gasteiger partial charge in [-0.2, -0.15) is 0 Å². The molecule has 0 radical (unpaired) electrons. The first-order valence-corrected chi connectivity index (χ1v) is 7.47. The second-order valence-electron chi connectivity index (χ2n) is 5.34. The lowest BCUT2D eigenvalue weighted by molar-refractivity contribution is 0.459. The maximum atomic E-state index is 14.2. The zero-order valence-corrected chi connectivity index (χ0v) is 12.5. The lowest BCUT2D eigenvalue weighted by atomic mass is 9.98. The zero-order chi connectivity index (χ0) is 14.7. The first kappa shape index (κ1) is 15.2. The highest BCUT2D eigenvalue weighted by Crippen LogP contribution is 2.29. The minimum atomic E-state index is -0.581. The first-order chi connectivity index (χ1) is 9.52. The van der Waals surface area contributed by atoms with E-state index >= 15 is 0 Å². The summed E-state index contributed by atoms with van der Waals surface area (Å²) in [6, 6.07) is 2.45. The molecule has 2 rings (SSSR count). The molecule has 1 heterocycles. The normalized spacial score (nSPS) is 19.8. The summed E-state index contributed by atoms with van der Waals surface area (Å²) in [5.74, 6) is -0.507. The summed E-state index contributed by atoms with van der Waals surface area (Å²) < 4.78 is 28.3. The molecule has 1 aliphatic heterocycles. The molecule has 0 spiro atoms. The van der Waals surface area contributed by atoms with Crippen LogP contribution in [0.25, 0.3) is 0 Å². The second kappa shape index (κ2) is 6.48. The molecular formula is C15H20F2N2S. The van der Waals surface area contributed by atoms with Crippen molar-refractivity contribution >= 4 is 22.9 Å². The number of hydrogen-bond donors (Lipinski definition) is 1. The molecule has 1 saturated heterocycles. The topological polar surface area (TPSA) is 29.3 Å². The van der Waals surface area contributed by atoms with Crippen LogP contribution in [-0.4, -0.2) is 18.1 Å². The van der Waals surface area contributed by atoms with Crippen molar-refractivity contribution < 1.29 is 8.78 Å². The molecule has 110 valence electrons. The van der Waals surface area contributed by atoms with Crippen molar-refractivity contribution in [2.45, 2.75) is 32.6 Å². The molecule has 20 heavy (non-hydrogen) atoms. The van der Waals surface area contributed by atoms with Gasteiger partial charge in [-0.05, 0) is 37.3 Å². The minimum absolute atomic E-state index is 0.0104. The van der Waals surface area contributed by atoms with Gasteiger partial charge in [0.1, 0.15) is 22.3 Å². The molecule has 0 aliphatic carbocycles. The highest BCUT2D eigenvalue weighted by atomic mass is 32.1. The standard InChI is InChI=1S/C15H20F2N2S/c1-2-10-4-3-6-19(7-5-10)14-12(16)8-11(15(18)20)9-13(14)17/h8-10H,2-7H2,1H3,(H2,18,20). The van der Waals surface area contributed by atoms with E-state index in [1.165, 1.54) is 12.1 Å². The van der Waals surface area contributed by atoms with Crippen molar-refractivity contribution in [3.63, 3.8) is 0 Å². The van der Waals surface area contributed by atoms with E-state index in [1.807, 2.05) is 4.90 Å². The smallest absolute Gasteiger partial charge is 0.150 e. The number of nitrogens with two attached hydrogens (primary N) is 1. The van der Waals surface area contributed by atoms with E-state index < -0.39 is 11.6 Å². The van der Waals surface area contributed by atoms with Gasteiger partial charge in [0.25, 0.3) is 0 Å². The van der Waals surface area contributed by atoms with Gasteiger partial charge < -0.3 is 10.6 Å². The average molecular weight is 298 g/mol. The number of anilines is 1. The van der Waals surface area contributed by atoms with E-state index in [0.29, 0.717) is 19.0 Å². The van der Waals surface area contributed by atoms with Crippen molar-refractivity contribution in [2.24, 2.45) is 11.7 Å². The van der Waals surface area contributed by atoms with Gasteiger partial charge in [0, 0.05) is 18.7 Å².